The third-order valence-corrected chi connectivity index (χ3v) is 11.8. The van der Waals surface area contributed by atoms with E-state index in [0.717, 1.165) is 0 Å². The number of carbonyl (C=O) groups is 5. The topological polar surface area (TPSA) is 200 Å². The molecule has 16 heteroatoms. The average Bonchev–Trinajstić information content (AvgIpc) is 3.38. The zero-order valence-electron chi connectivity index (χ0n) is 43.7. The molecule has 0 unspecified atom stereocenters. The van der Waals surface area contributed by atoms with E-state index in [4.69, 9.17) is 28.4 Å². The van der Waals surface area contributed by atoms with Gasteiger partial charge in [0.2, 0.25) is 12.2 Å². The van der Waals surface area contributed by atoms with E-state index >= 15 is 0 Å². The molecule has 0 saturated carbocycles. The second-order valence-electron chi connectivity index (χ2n) is 20.0. The van der Waals surface area contributed by atoms with Crippen LogP contribution in [0, 0.1) is 0 Å². The van der Waals surface area contributed by atoms with E-state index in [-0.39, 0.29) is 11.5 Å². The van der Waals surface area contributed by atoms with Gasteiger partial charge in [0, 0.05) is 48.9 Å². The highest BCUT2D eigenvalue weighted by atomic mass is 16.7. The van der Waals surface area contributed by atoms with Crippen LogP contribution in [0.25, 0.3) is 6.08 Å². The third-order valence-electron chi connectivity index (χ3n) is 11.8. The molecule has 1 fully saturated rings. The number of hydrogen-bond donors (Lipinski definition) is 4. The van der Waals surface area contributed by atoms with Crippen molar-refractivity contribution >= 4 is 36.2 Å². The Labute approximate surface area is 439 Å². The minimum Gasteiger partial charge on any atom is -0.463 e. The Morgan fingerprint density at radius 1 is 0.627 bits per heavy atom. The van der Waals surface area contributed by atoms with E-state index in [1.54, 1.807) is 114 Å². The van der Waals surface area contributed by atoms with Crippen molar-refractivity contribution in [3.63, 3.8) is 0 Å². The van der Waals surface area contributed by atoms with Gasteiger partial charge in [-0.3, -0.25) is 4.79 Å². The lowest BCUT2D eigenvalue weighted by molar-refractivity contribution is -0.231. The van der Waals surface area contributed by atoms with E-state index in [0.29, 0.717) is 73.4 Å². The van der Waals surface area contributed by atoms with Gasteiger partial charge >= 0.3 is 24.2 Å². The summed E-state index contributed by atoms with van der Waals surface area (Å²) in [6, 6.07) is 41.7. The van der Waals surface area contributed by atoms with Crippen LogP contribution in [0.3, 0.4) is 0 Å². The normalized spacial score (nSPS) is 17.7. The number of nitrogens with one attached hydrogen (secondary N) is 3. The number of aliphatic hydroxyl groups is 1. The van der Waals surface area contributed by atoms with Gasteiger partial charge in [-0.15, -0.1) is 0 Å². The molecule has 1 saturated heterocycles. The summed E-state index contributed by atoms with van der Waals surface area (Å²) in [5, 5.41) is 20.1. The number of aliphatic hydroxyl groups excluding tert-OH is 1. The van der Waals surface area contributed by atoms with Gasteiger partial charge in [0.1, 0.15) is 29.1 Å². The number of alkyl carbamates (subject to hydrolysis) is 2. The number of hydrogen-bond acceptors (Lipinski definition) is 12. The molecule has 5 aromatic rings. The van der Waals surface area contributed by atoms with E-state index in [1.165, 1.54) is 6.08 Å². The van der Waals surface area contributed by atoms with Gasteiger partial charge in [0.15, 0.2) is 11.7 Å². The molecule has 4 amide bonds. The standard InChI is InChI=1S/C59H70N4O12/c1-41-50(65)51(72-52(66)43-23-12-8-13-24-43)49(62-55(68)74-59(44-25-14-9-15-26-44,45-27-16-10-17-28-45)46-29-18-11-19-30-46)53(70-41)71-47-34-31-42(32-35-47)33-36-48(64)60-38-22-40-63(56(69)75-58(5,6)7)39-21-20-37-61-54(67)73-57(2,3)4/h8-19,23-36,41,49-51,53,65H,20-22,37-40H2,1-7H3,(H,60,64)(H,61,67)(H,62,68)/b36-33+/t41-,49-,50+,51-,53-/m1/s1. The second kappa shape index (κ2) is 26.5. The molecule has 16 nitrogen and oxygen atoms in total. The summed E-state index contributed by atoms with van der Waals surface area (Å²) in [5.74, 6) is -0.774. The molecule has 0 radical (unpaired) electrons. The highest BCUT2D eigenvalue weighted by Gasteiger charge is 2.50. The minimum absolute atomic E-state index is 0.232. The molecule has 0 spiro atoms. The molecule has 1 heterocycles. The van der Waals surface area contributed by atoms with Crippen LogP contribution in [0.4, 0.5) is 14.4 Å². The molecule has 1 aliphatic rings. The number of unbranched alkanes of at least 4 members (excludes halogenated alkanes) is 1. The first kappa shape index (κ1) is 56.6. The first-order valence-corrected chi connectivity index (χ1v) is 25.2. The molecule has 0 bridgehead atoms. The summed E-state index contributed by atoms with van der Waals surface area (Å²) in [4.78, 5) is 67.8. The Morgan fingerprint density at radius 3 is 1.69 bits per heavy atom. The van der Waals surface area contributed by atoms with Crippen LogP contribution in [-0.4, -0.2) is 108 Å². The van der Waals surface area contributed by atoms with Crippen molar-refractivity contribution in [2.45, 2.75) is 115 Å². The maximum Gasteiger partial charge on any atom is 0.410 e. The molecular formula is C59H70N4O12. The molecular weight excluding hydrogens is 957 g/mol. The minimum atomic E-state index is -1.46. The average molecular weight is 1030 g/mol. The van der Waals surface area contributed by atoms with Gasteiger partial charge in [-0.2, -0.15) is 0 Å². The number of esters is 1. The van der Waals surface area contributed by atoms with Crippen molar-refractivity contribution in [1.82, 2.24) is 20.9 Å². The molecule has 4 N–H and O–H groups in total. The van der Waals surface area contributed by atoms with Gasteiger partial charge < -0.3 is 54.4 Å². The lowest BCUT2D eigenvalue weighted by atomic mass is 9.80. The van der Waals surface area contributed by atoms with Crippen molar-refractivity contribution in [1.29, 1.82) is 0 Å². The molecule has 75 heavy (non-hydrogen) atoms. The van der Waals surface area contributed by atoms with Crippen LogP contribution < -0.4 is 20.7 Å². The number of rotatable bonds is 20. The number of ether oxygens (including phenoxy) is 6. The lowest BCUT2D eigenvalue weighted by Gasteiger charge is -2.43. The molecule has 5 aromatic carbocycles. The summed E-state index contributed by atoms with van der Waals surface area (Å²) < 4.78 is 36.1. The number of nitrogens with zero attached hydrogens (tertiary/aromatic N) is 1. The SMILES string of the molecule is C[C@H]1O[C@H](Oc2ccc(/C=C/C(=O)NCCCN(CCCCNC(=O)OC(C)(C)C)C(=O)OC(C)(C)C)cc2)[C@H](NC(=O)OC(c2ccccc2)(c2ccccc2)c2ccccc2)[C@@H](OC(=O)c2ccccc2)[C@H]1O. The largest absolute Gasteiger partial charge is 0.463 e. The monoisotopic (exact) mass is 1030 g/mol. The molecule has 0 aromatic heterocycles. The summed E-state index contributed by atoms with van der Waals surface area (Å²) in [6.07, 6.45) is -2.18. The second-order valence-corrected chi connectivity index (χ2v) is 20.0. The molecule has 6 rings (SSSR count). The molecule has 398 valence electrons. The summed E-state index contributed by atoms with van der Waals surface area (Å²) in [5.41, 5.74) is 0.128. The van der Waals surface area contributed by atoms with Crippen LogP contribution in [0.5, 0.6) is 5.75 Å². The van der Waals surface area contributed by atoms with Crippen LogP contribution in [0.15, 0.2) is 152 Å². The summed E-state index contributed by atoms with van der Waals surface area (Å²) >= 11 is 0. The Balaban J connectivity index is 1.13. The van der Waals surface area contributed by atoms with Crippen molar-refractivity contribution in [2.75, 3.05) is 26.2 Å². The van der Waals surface area contributed by atoms with Crippen LogP contribution in [0.1, 0.15) is 100 Å². The third kappa shape index (κ3) is 16.9. The Bertz CT molecular complexity index is 2540. The van der Waals surface area contributed by atoms with Crippen molar-refractivity contribution in [2.24, 2.45) is 0 Å². The number of carbonyl (C=O) groups excluding carboxylic acids is 5. The fourth-order valence-corrected chi connectivity index (χ4v) is 8.23. The van der Waals surface area contributed by atoms with Gasteiger partial charge in [-0.25, -0.2) is 19.2 Å². The fraction of sp³-hybridized carbons (Fsp3) is 0.373. The van der Waals surface area contributed by atoms with Crippen molar-refractivity contribution in [3.8, 4) is 5.75 Å². The van der Waals surface area contributed by atoms with Crippen molar-refractivity contribution < 1.29 is 57.5 Å². The zero-order valence-corrected chi connectivity index (χ0v) is 43.7. The summed E-state index contributed by atoms with van der Waals surface area (Å²) in [6.45, 7) is 13.8. The van der Waals surface area contributed by atoms with E-state index in [9.17, 15) is 29.1 Å². The molecule has 5 atom stereocenters. The zero-order chi connectivity index (χ0) is 54.0. The fourth-order valence-electron chi connectivity index (χ4n) is 8.23. The van der Waals surface area contributed by atoms with E-state index in [2.05, 4.69) is 16.0 Å². The maximum absolute atomic E-state index is 14.7. The van der Waals surface area contributed by atoms with Crippen LogP contribution >= 0.6 is 0 Å². The Kier molecular flexibility index (Phi) is 20.0. The highest BCUT2D eigenvalue weighted by molar-refractivity contribution is 5.91. The maximum atomic E-state index is 14.7. The highest BCUT2D eigenvalue weighted by Crippen LogP contribution is 2.41. The van der Waals surface area contributed by atoms with Gasteiger partial charge in [-0.1, -0.05) is 121 Å². The van der Waals surface area contributed by atoms with Gasteiger partial charge in [0.25, 0.3) is 0 Å². The van der Waals surface area contributed by atoms with Crippen LogP contribution in [0.2, 0.25) is 0 Å². The first-order valence-electron chi connectivity index (χ1n) is 25.2. The molecule has 1 aliphatic heterocycles. The predicted octanol–water partition coefficient (Wildman–Crippen LogP) is 9.55. The van der Waals surface area contributed by atoms with Gasteiger partial charge in [0.05, 0.1) is 11.7 Å². The quantitative estimate of drug-likeness (QED) is 0.0190. The Morgan fingerprint density at radius 2 is 1.15 bits per heavy atom. The number of benzene rings is 5. The van der Waals surface area contributed by atoms with Crippen molar-refractivity contribution in [3.05, 3.63) is 179 Å². The molecule has 0 aliphatic carbocycles. The summed E-state index contributed by atoms with van der Waals surface area (Å²) in [7, 11) is 0. The smallest absolute Gasteiger partial charge is 0.410 e. The van der Waals surface area contributed by atoms with E-state index in [1.807, 2.05) is 91.0 Å². The predicted molar refractivity (Wildman–Crippen MR) is 284 cm³/mol. The lowest BCUT2D eigenvalue weighted by Crippen LogP contribution is -2.65. The van der Waals surface area contributed by atoms with Crippen LogP contribution in [-0.2, 0) is 34.1 Å². The first-order chi connectivity index (χ1) is 35.8. The van der Waals surface area contributed by atoms with E-state index < -0.39 is 71.7 Å². The van der Waals surface area contributed by atoms with Gasteiger partial charge in [-0.05, 0) is 104 Å². The number of amides is 4. The Hall–Kier alpha value is -7.69.